The quantitative estimate of drug-likeness (QED) is 0.638. The summed E-state index contributed by atoms with van der Waals surface area (Å²) in [7, 11) is 0. The summed E-state index contributed by atoms with van der Waals surface area (Å²) in [5, 5.41) is 0. The van der Waals surface area contributed by atoms with Crippen LogP contribution in [0.4, 0.5) is 13.2 Å². The van der Waals surface area contributed by atoms with E-state index in [0.29, 0.717) is 6.61 Å². The minimum Gasteiger partial charge on any atom is -0.365 e. The van der Waals surface area contributed by atoms with Crippen LogP contribution in [0.2, 0.25) is 0 Å². The molecule has 1 saturated heterocycles. The number of benzene rings is 1. The molecule has 1 atom stereocenters. The number of ether oxygens (including phenoxy) is 1. The van der Waals surface area contributed by atoms with Gasteiger partial charge in [-0.3, -0.25) is 0 Å². The Balaban J connectivity index is 2.27. The Bertz CT molecular complexity index is 311. The van der Waals surface area contributed by atoms with E-state index in [1.807, 2.05) is 6.92 Å². The highest BCUT2D eigenvalue weighted by Crippen LogP contribution is 2.39. The fraction of sp³-hybridized carbons (Fsp3) is 0.400. The Labute approximate surface area is 79.5 Å². The lowest BCUT2D eigenvalue weighted by atomic mass is 10.0. The Hall–Kier alpha value is -1.03. The van der Waals surface area contributed by atoms with Gasteiger partial charge in [-0.2, -0.15) is 13.2 Å². The van der Waals surface area contributed by atoms with Crippen LogP contribution in [0, 0.1) is 0 Å². The molecule has 1 aliphatic rings. The number of epoxide rings is 1. The summed E-state index contributed by atoms with van der Waals surface area (Å²) in [6.45, 7) is 2.44. The van der Waals surface area contributed by atoms with Gasteiger partial charge in [0, 0.05) is 0 Å². The molecular weight excluding hydrogens is 193 g/mol. The van der Waals surface area contributed by atoms with Gasteiger partial charge in [-0.1, -0.05) is 12.1 Å². The largest absolute Gasteiger partial charge is 0.416 e. The average Bonchev–Trinajstić information content (AvgIpc) is 2.84. The molecule has 0 aliphatic carbocycles. The summed E-state index contributed by atoms with van der Waals surface area (Å²) in [4.78, 5) is 0. The second-order valence-corrected chi connectivity index (χ2v) is 3.59. The van der Waals surface area contributed by atoms with Crippen molar-refractivity contribution < 1.29 is 17.9 Å². The zero-order valence-corrected chi connectivity index (χ0v) is 7.56. The van der Waals surface area contributed by atoms with Crippen molar-refractivity contribution in [3.05, 3.63) is 35.4 Å². The Morgan fingerprint density at radius 3 is 2.07 bits per heavy atom. The fourth-order valence-corrected chi connectivity index (χ4v) is 1.29. The van der Waals surface area contributed by atoms with Crippen LogP contribution in [-0.4, -0.2) is 6.61 Å². The molecule has 1 aliphatic heterocycles. The third-order valence-electron chi connectivity index (χ3n) is 2.40. The van der Waals surface area contributed by atoms with E-state index in [0.717, 1.165) is 17.7 Å². The standard InChI is InChI=1S/C10H9F3O/c1-9(6-14-9)7-2-4-8(5-3-7)10(11,12)13/h2-5H,6H2,1H3/t9-/m1/s1. The summed E-state index contributed by atoms with van der Waals surface area (Å²) in [6.07, 6.45) is -4.26. The summed E-state index contributed by atoms with van der Waals surface area (Å²) in [5.41, 5.74) is -0.180. The minimum absolute atomic E-state index is 0.357. The third-order valence-corrected chi connectivity index (χ3v) is 2.40. The van der Waals surface area contributed by atoms with Gasteiger partial charge in [-0.25, -0.2) is 0 Å². The SMILES string of the molecule is C[C@]1(c2ccc(C(F)(F)F)cc2)CO1. The minimum atomic E-state index is -4.26. The molecule has 0 amide bonds. The Kier molecular flexibility index (Phi) is 1.86. The smallest absolute Gasteiger partial charge is 0.365 e. The van der Waals surface area contributed by atoms with Gasteiger partial charge >= 0.3 is 6.18 Å². The van der Waals surface area contributed by atoms with Gasteiger partial charge in [0.15, 0.2) is 0 Å². The Morgan fingerprint density at radius 1 is 1.21 bits per heavy atom. The molecule has 0 saturated carbocycles. The highest BCUT2D eigenvalue weighted by Gasteiger charge is 2.41. The van der Waals surface area contributed by atoms with E-state index in [1.54, 1.807) is 0 Å². The second kappa shape index (κ2) is 2.73. The summed E-state index contributed by atoms with van der Waals surface area (Å²) >= 11 is 0. The van der Waals surface area contributed by atoms with Crippen molar-refractivity contribution in [2.75, 3.05) is 6.61 Å². The van der Waals surface area contributed by atoms with Gasteiger partial charge in [-0.05, 0) is 24.6 Å². The van der Waals surface area contributed by atoms with Crippen LogP contribution in [-0.2, 0) is 16.5 Å². The molecule has 1 aromatic carbocycles. The first-order chi connectivity index (χ1) is 6.42. The van der Waals surface area contributed by atoms with Crippen molar-refractivity contribution in [3.63, 3.8) is 0 Å². The monoisotopic (exact) mass is 202 g/mol. The molecular formula is C10H9F3O. The lowest BCUT2D eigenvalue weighted by molar-refractivity contribution is -0.137. The third kappa shape index (κ3) is 1.62. The van der Waals surface area contributed by atoms with Gasteiger partial charge in [0.05, 0.1) is 12.2 Å². The van der Waals surface area contributed by atoms with Gasteiger partial charge in [0.2, 0.25) is 0 Å². The van der Waals surface area contributed by atoms with Crippen molar-refractivity contribution in [1.29, 1.82) is 0 Å². The van der Waals surface area contributed by atoms with Crippen molar-refractivity contribution in [3.8, 4) is 0 Å². The van der Waals surface area contributed by atoms with Crippen LogP contribution in [0.3, 0.4) is 0 Å². The maximum Gasteiger partial charge on any atom is 0.416 e. The average molecular weight is 202 g/mol. The number of alkyl halides is 3. The van der Waals surface area contributed by atoms with Crippen LogP contribution in [0.5, 0.6) is 0 Å². The first-order valence-electron chi connectivity index (χ1n) is 4.23. The number of hydrogen-bond donors (Lipinski definition) is 0. The zero-order valence-electron chi connectivity index (χ0n) is 7.56. The topological polar surface area (TPSA) is 12.5 Å². The van der Waals surface area contributed by atoms with Crippen LogP contribution in [0.1, 0.15) is 18.1 Å². The maximum absolute atomic E-state index is 12.2. The molecule has 1 fully saturated rings. The lowest BCUT2D eigenvalue weighted by Crippen LogP contribution is -2.07. The molecule has 0 aromatic heterocycles. The molecule has 1 nitrogen and oxygen atoms in total. The highest BCUT2D eigenvalue weighted by molar-refractivity contribution is 5.30. The first kappa shape index (κ1) is 9.52. The van der Waals surface area contributed by atoms with E-state index < -0.39 is 11.7 Å². The predicted molar refractivity (Wildman–Crippen MR) is 44.7 cm³/mol. The lowest BCUT2D eigenvalue weighted by Gasteiger charge is -2.09. The Morgan fingerprint density at radius 2 is 1.71 bits per heavy atom. The van der Waals surface area contributed by atoms with E-state index in [9.17, 15) is 13.2 Å². The summed E-state index contributed by atoms with van der Waals surface area (Å²) < 4.78 is 41.7. The van der Waals surface area contributed by atoms with Crippen molar-refractivity contribution in [1.82, 2.24) is 0 Å². The van der Waals surface area contributed by atoms with Gasteiger partial charge < -0.3 is 4.74 Å². The summed E-state index contributed by atoms with van der Waals surface area (Å²) in [5.74, 6) is 0. The van der Waals surface area contributed by atoms with E-state index in [2.05, 4.69) is 0 Å². The second-order valence-electron chi connectivity index (χ2n) is 3.59. The molecule has 1 aromatic rings. The van der Waals surface area contributed by atoms with E-state index in [4.69, 9.17) is 4.74 Å². The molecule has 0 N–H and O–H groups in total. The molecule has 0 bridgehead atoms. The van der Waals surface area contributed by atoms with Crippen molar-refractivity contribution in [2.24, 2.45) is 0 Å². The molecule has 76 valence electrons. The van der Waals surface area contributed by atoms with Crippen LogP contribution < -0.4 is 0 Å². The van der Waals surface area contributed by atoms with Crippen LogP contribution in [0.25, 0.3) is 0 Å². The number of halogens is 3. The molecule has 2 rings (SSSR count). The van der Waals surface area contributed by atoms with Crippen molar-refractivity contribution >= 4 is 0 Å². The van der Waals surface area contributed by atoms with Gasteiger partial charge in [0.25, 0.3) is 0 Å². The maximum atomic E-state index is 12.2. The van der Waals surface area contributed by atoms with Gasteiger partial charge in [0.1, 0.15) is 5.60 Å². The molecule has 4 heteroatoms. The molecule has 14 heavy (non-hydrogen) atoms. The van der Waals surface area contributed by atoms with Crippen molar-refractivity contribution in [2.45, 2.75) is 18.7 Å². The number of rotatable bonds is 1. The van der Waals surface area contributed by atoms with E-state index >= 15 is 0 Å². The summed E-state index contributed by atoms with van der Waals surface area (Å²) in [6, 6.07) is 5.11. The normalized spacial score (nSPS) is 26.3. The van der Waals surface area contributed by atoms with Gasteiger partial charge in [-0.15, -0.1) is 0 Å². The molecule has 0 unspecified atom stereocenters. The molecule has 0 radical (unpaired) electrons. The predicted octanol–water partition coefficient (Wildman–Crippen LogP) is 2.95. The van der Waals surface area contributed by atoms with E-state index in [-0.39, 0.29) is 5.60 Å². The zero-order chi connectivity index (χ0) is 10.4. The highest BCUT2D eigenvalue weighted by atomic mass is 19.4. The van der Waals surface area contributed by atoms with E-state index in [1.165, 1.54) is 12.1 Å². The van der Waals surface area contributed by atoms with Crippen LogP contribution in [0.15, 0.2) is 24.3 Å². The molecule has 1 heterocycles. The first-order valence-corrected chi connectivity index (χ1v) is 4.23. The van der Waals surface area contributed by atoms with Crippen LogP contribution >= 0.6 is 0 Å². The number of hydrogen-bond acceptors (Lipinski definition) is 1. The fourth-order valence-electron chi connectivity index (χ4n) is 1.29. The molecule has 0 spiro atoms.